The lowest BCUT2D eigenvalue weighted by Gasteiger charge is -2.32. The van der Waals surface area contributed by atoms with Crippen LogP contribution in [0.5, 0.6) is 0 Å². The molecular formula is C9H13IO3. The van der Waals surface area contributed by atoms with E-state index in [1.54, 1.807) is 4.08 Å². The molecular weight excluding hydrogens is 283 g/mol. The van der Waals surface area contributed by atoms with Crippen molar-refractivity contribution in [1.82, 2.24) is 0 Å². The summed E-state index contributed by atoms with van der Waals surface area (Å²) in [5.41, 5.74) is 0. The van der Waals surface area contributed by atoms with Gasteiger partial charge < -0.3 is 9.47 Å². The number of rotatable bonds is 1. The quantitative estimate of drug-likeness (QED) is 0.551. The van der Waals surface area contributed by atoms with Crippen LogP contribution in [0.15, 0.2) is 9.84 Å². The summed E-state index contributed by atoms with van der Waals surface area (Å²) in [6.45, 7) is 6.07. The number of hydrogen-bond acceptors (Lipinski definition) is 3. The Morgan fingerprint density at radius 1 is 1.54 bits per heavy atom. The Morgan fingerprint density at radius 2 is 2.15 bits per heavy atom. The summed E-state index contributed by atoms with van der Waals surface area (Å²) in [5, 5.41) is 0. The van der Waals surface area contributed by atoms with Crippen LogP contribution in [0.3, 0.4) is 0 Å². The minimum Gasteiger partial charge on any atom is -0.430 e. The van der Waals surface area contributed by atoms with Gasteiger partial charge in [-0.25, -0.2) is 4.79 Å². The van der Waals surface area contributed by atoms with Gasteiger partial charge in [0.1, 0.15) is 11.9 Å². The van der Waals surface area contributed by atoms with E-state index >= 15 is 0 Å². The molecule has 1 rings (SSSR count). The van der Waals surface area contributed by atoms with Gasteiger partial charge in [-0.3, -0.25) is 0 Å². The van der Waals surface area contributed by atoms with Crippen LogP contribution >= 0.6 is 22.6 Å². The molecule has 2 atom stereocenters. The smallest absolute Gasteiger partial charge is 0.430 e. The zero-order valence-electron chi connectivity index (χ0n) is 7.91. The zero-order chi connectivity index (χ0) is 10.0. The lowest BCUT2D eigenvalue weighted by Crippen LogP contribution is -2.37. The third kappa shape index (κ3) is 2.36. The predicted octanol–water partition coefficient (Wildman–Crippen LogP) is 3.09. The number of ether oxygens (including phenoxy) is 2. The predicted molar refractivity (Wildman–Crippen MR) is 57.5 cm³/mol. The Bertz CT molecular complexity index is 235. The van der Waals surface area contributed by atoms with Crippen LogP contribution in [-0.4, -0.2) is 12.3 Å². The van der Waals surface area contributed by atoms with Crippen molar-refractivity contribution in [3.8, 4) is 0 Å². The molecule has 0 aliphatic carbocycles. The molecule has 0 aromatic rings. The summed E-state index contributed by atoms with van der Waals surface area (Å²) >= 11 is 2.07. The van der Waals surface area contributed by atoms with Crippen LogP contribution in [0.4, 0.5) is 4.79 Å². The van der Waals surface area contributed by atoms with E-state index in [0.717, 1.165) is 0 Å². The van der Waals surface area contributed by atoms with Crippen molar-refractivity contribution in [2.75, 3.05) is 0 Å². The first-order valence-electron chi connectivity index (χ1n) is 4.25. The highest BCUT2D eigenvalue weighted by Gasteiger charge is 2.34. The first-order valence-corrected chi connectivity index (χ1v) is 5.49. The van der Waals surface area contributed by atoms with Crippen LogP contribution in [0.1, 0.15) is 20.8 Å². The summed E-state index contributed by atoms with van der Waals surface area (Å²) in [5.74, 6) is 1.17. The standard InChI is InChI=1S/C9H13IO3/c1-5(2)8-6(3)7(4-10)12-9(11)13-8/h4-6,8H,1-3H3/b7-4+/t6-,8+/m1/s1. The van der Waals surface area contributed by atoms with Crippen LogP contribution < -0.4 is 0 Å². The number of carbonyl (C=O) groups excluding carboxylic acids is 1. The van der Waals surface area contributed by atoms with Gasteiger partial charge in [-0.15, -0.1) is 0 Å². The molecule has 0 N–H and O–H groups in total. The second kappa shape index (κ2) is 4.30. The van der Waals surface area contributed by atoms with E-state index in [1.807, 2.05) is 20.8 Å². The summed E-state index contributed by atoms with van der Waals surface area (Å²) in [6, 6.07) is 0. The van der Waals surface area contributed by atoms with Crippen molar-refractivity contribution in [3.05, 3.63) is 9.84 Å². The summed E-state index contributed by atoms with van der Waals surface area (Å²) in [4.78, 5) is 11.0. The van der Waals surface area contributed by atoms with Gasteiger partial charge in [0.05, 0.1) is 5.92 Å². The molecule has 0 saturated carbocycles. The molecule has 1 aliphatic rings. The average molecular weight is 296 g/mol. The van der Waals surface area contributed by atoms with E-state index in [2.05, 4.69) is 22.6 Å². The molecule has 0 spiro atoms. The molecule has 0 amide bonds. The van der Waals surface area contributed by atoms with Crippen molar-refractivity contribution in [2.45, 2.75) is 26.9 Å². The van der Waals surface area contributed by atoms with Crippen molar-refractivity contribution in [3.63, 3.8) is 0 Å². The Labute approximate surface area is 91.6 Å². The van der Waals surface area contributed by atoms with Gasteiger partial charge in [-0.2, -0.15) is 0 Å². The molecule has 13 heavy (non-hydrogen) atoms. The van der Waals surface area contributed by atoms with Crippen molar-refractivity contribution in [2.24, 2.45) is 11.8 Å². The number of carbonyl (C=O) groups is 1. The topological polar surface area (TPSA) is 35.5 Å². The molecule has 0 unspecified atom stereocenters. The van der Waals surface area contributed by atoms with Gasteiger partial charge in [-0.05, 0) is 28.5 Å². The monoisotopic (exact) mass is 296 g/mol. The van der Waals surface area contributed by atoms with E-state index in [-0.39, 0.29) is 12.0 Å². The molecule has 4 heteroatoms. The molecule has 3 nitrogen and oxygen atoms in total. The molecule has 0 aromatic carbocycles. The Morgan fingerprint density at radius 3 is 2.62 bits per heavy atom. The highest BCUT2D eigenvalue weighted by atomic mass is 127. The number of halogens is 1. The normalized spacial score (nSPS) is 31.8. The van der Waals surface area contributed by atoms with Crippen LogP contribution in [0, 0.1) is 11.8 Å². The van der Waals surface area contributed by atoms with E-state index in [4.69, 9.17) is 9.47 Å². The van der Waals surface area contributed by atoms with Gasteiger partial charge in [-0.1, -0.05) is 20.8 Å². The average Bonchev–Trinajstić information content (AvgIpc) is 2.08. The van der Waals surface area contributed by atoms with Crippen molar-refractivity contribution >= 4 is 28.7 Å². The molecule has 1 aliphatic heterocycles. The second-order valence-corrected chi connectivity index (χ2v) is 4.10. The maximum atomic E-state index is 11.0. The highest BCUT2D eigenvalue weighted by Crippen LogP contribution is 2.30. The second-order valence-electron chi connectivity index (χ2n) is 3.48. The Balaban J connectivity index is 2.81. The summed E-state index contributed by atoms with van der Waals surface area (Å²) in [7, 11) is 0. The third-order valence-corrected chi connectivity index (χ3v) is 2.75. The highest BCUT2D eigenvalue weighted by molar-refractivity contribution is 14.1. The maximum absolute atomic E-state index is 11.0. The lowest BCUT2D eigenvalue weighted by atomic mass is 9.93. The molecule has 1 saturated heterocycles. The Kier molecular flexibility index (Phi) is 3.58. The van der Waals surface area contributed by atoms with E-state index < -0.39 is 6.16 Å². The van der Waals surface area contributed by atoms with Crippen molar-refractivity contribution in [1.29, 1.82) is 0 Å². The van der Waals surface area contributed by atoms with Gasteiger partial charge in [0.25, 0.3) is 0 Å². The van der Waals surface area contributed by atoms with Crippen molar-refractivity contribution < 1.29 is 14.3 Å². The minimum atomic E-state index is -0.584. The van der Waals surface area contributed by atoms with Crippen LogP contribution in [0.25, 0.3) is 0 Å². The zero-order valence-corrected chi connectivity index (χ0v) is 10.1. The van der Waals surface area contributed by atoms with Gasteiger partial charge in [0, 0.05) is 4.08 Å². The molecule has 74 valence electrons. The van der Waals surface area contributed by atoms with E-state index in [9.17, 15) is 4.79 Å². The third-order valence-electron chi connectivity index (χ3n) is 2.14. The summed E-state index contributed by atoms with van der Waals surface area (Å²) in [6.07, 6.45) is -0.651. The SMILES string of the molecule is CC(C)[C@@H]1OC(=O)O/C(=C/I)[C@H]1C. The number of cyclic esters (lactones) is 2. The summed E-state index contributed by atoms with van der Waals surface area (Å²) < 4.78 is 11.8. The molecule has 0 bridgehead atoms. The maximum Gasteiger partial charge on any atom is 0.513 e. The van der Waals surface area contributed by atoms with E-state index in [0.29, 0.717) is 11.7 Å². The largest absolute Gasteiger partial charge is 0.513 e. The van der Waals surface area contributed by atoms with Gasteiger partial charge in [0.2, 0.25) is 0 Å². The van der Waals surface area contributed by atoms with Crippen LogP contribution in [-0.2, 0) is 9.47 Å². The van der Waals surface area contributed by atoms with E-state index in [1.165, 1.54) is 0 Å². The fourth-order valence-corrected chi connectivity index (χ4v) is 2.12. The minimum absolute atomic E-state index is 0.0673. The first kappa shape index (κ1) is 10.8. The molecule has 1 heterocycles. The fraction of sp³-hybridized carbons (Fsp3) is 0.667. The number of hydrogen-bond donors (Lipinski definition) is 0. The van der Waals surface area contributed by atoms with Gasteiger partial charge >= 0.3 is 6.16 Å². The molecule has 1 fully saturated rings. The lowest BCUT2D eigenvalue weighted by molar-refractivity contribution is -0.0397. The first-order chi connectivity index (χ1) is 6.06. The Hall–Kier alpha value is -0.260. The van der Waals surface area contributed by atoms with Crippen LogP contribution in [0.2, 0.25) is 0 Å². The molecule has 0 radical (unpaired) electrons. The molecule has 0 aromatic heterocycles. The van der Waals surface area contributed by atoms with Gasteiger partial charge in [0.15, 0.2) is 0 Å². The fourth-order valence-electron chi connectivity index (χ4n) is 1.42.